The van der Waals surface area contributed by atoms with E-state index in [0.29, 0.717) is 30.8 Å². The van der Waals surface area contributed by atoms with Gasteiger partial charge in [-0.05, 0) is 43.2 Å². The molecule has 184 valence electrons. The van der Waals surface area contributed by atoms with Crippen molar-refractivity contribution >= 4 is 34.4 Å². The van der Waals surface area contributed by atoms with Crippen LogP contribution >= 0.6 is 0 Å². The molecule has 36 heavy (non-hydrogen) atoms. The fourth-order valence-corrected chi connectivity index (χ4v) is 5.82. The maximum atomic E-state index is 13.5. The number of esters is 1. The number of anilines is 1. The molecule has 0 unspecified atom stereocenters. The van der Waals surface area contributed by atoms with Crippen molar-refractivity contribution in [2.24, 2.45) is 11.8 Å². The van der Waals surface area contributed by atoms with E-state index in [1.807, 2.05) is 41.4 Å². The number of aromatic nitrogens is 1. The summed E-state index contributed by atoms with van der Waals surface area (Å²) in [4.78, 5) is 44.1. The summed E-state index contributed by atoms with van der Waals surface area (Å²) in [6.45, 7) is 3.00. The molecule has 3 aliphatic rings. The number of para-hydroxylation sites is 1. The van der Waals surface area contributed by atoms with Crippen LogP contribution in [-0.2, 0) is 25.5 Å². The lowest BCUT2D eigenvalue weighted by atomic mass is 9.76. The maximum absolute atomic E-state index is 13.5. The third-order valence-electron chi connectivity index (χ3n) is 7.45. The summed E-state index contributed by atoms with van der Waals surface area (Å²) >= 11 is 0. The Morgan fingerprint density at radius 2 is 2.08 bits per heavy atom. The van der Waals surface area contributed by atoms with Crippen LogP contribution < -0.4 is 5.32 Å². The number of amides is 2. The molecule has 0 saturated carbocycles. The van der Waals surface area contributed by atoms with Crippen molar-refractivity contribution in [2.45, 2.75) is 25.0 Å². The molecule has 4 atom stereocenters. The summed E-state index contributed by atoms with van der Waals surface area (Å²) in [6, 6.07) is 14.7. The average Bonchev–Trinajstić information content (AvgIpc) is 3.63. The van der Waals surface area contributed by atoms with Crippen LogP contribution in [0.15, 0.2) is 66.9 Å². The number of fused-ring (bicyclic) bond motifs is 2. The van der Waals surface area contributed by atoms with Crippen LogP contribution in [0.5, 0.6) is 0 Å². The number of nitrogens with zero attached hydrogens (tertiary/aromatic N) is 1. The molecule has 8 nitrogen and oxygen atoms in total. The van der Waals surface area contributed by atoms with E-state index in [2.05, 4.69) is 16.4 Å². The minimum Gasteiger partial charge on any atom is -0.462 e. The van der Waals surface area contributed by atoms with Gasteiger partial charge in [-0.3, -0.25) is 9.59 Å². The highest BCUT2D eigenvalue weighted by molar-refractivity contribution is 6.00. The molecule has 2 bridgehead atoms. The van der Waals surface area contributed by atoms with E-state index in [1.165, 1.54) is 0 Å². The largest absolute Gasteiger partial charge is 0.462 e. The summed E-state index contributed by atoms with van der Waals surface area (Å²) in [6.07, 6.45) is 6.11. The molecule has 2 amide bonds. The monoisotopic (exact) mass is 485 g/mol. The SMILES string of the molecule is CCOC(=O)c1cccc(NC(=O)[C@H]2[C@H]3C=C[C@]4(CN(CCc5c[nH]c6ccccc56)C(=O)[C@@H]24)O3)c1. The van der Waals surface area contributed by atoms with Crippen LogP contribution in [0.1, 0.15) is 22.8 Å². The predicted octanol–water partition coefficient (Wildman–Crippen LogP) is 3.31. The van der Waals surface area contributed by atoms with Gasteiger partial charge >= 0.3 is 5.97 Å². The van der Waals surface area contributed by atoms with Gasteiger partial charge in [0.15, 0.2) is 0 Å². The molecule has 2 saturated heterocycles. The second-order valence-electron chi connectivity index (χ2n) is 9.56. The number of carbonyl (C=O) groups is 3. The molecule has 1 spiro atoms. The number of hydrogen-bond acceptors (Lipinski definition) is 5. The quantitative estimate of drug-likeness (QED) is 0.395. The van der Waals surface area contributed by atoms with Crippen molar-refractivity contribution in [1.29, 1.82) is 0 Å². The first-order valence-electron chi connectivity index (χ1n) is 12.3. The van der Waals surface area contributed by atoms with Gasteiger partial charge in [0.1, 0.15) is 5.60 Å². The Morgan fingerprint density at radius 1 is 1.22 bits per heavy atom. The molecule has 0 aliphatic carbocycles. The van der Waals surface area contributed by atoms with Crippen LogP contribution in [0.25, 0.3) is 10.9 Å². The lowest BCUT2D eigenvalue weighted by Crippen LogP contribution is -2.41. The van der Waals surface area contributed by atoms with Gasteiger partial charge in [0.05, 0.1) is 36.7 Å². The predicted molar refractivity (Wildman–Crippen MR) is 133 cm³/mol. The van der Waals surface area contributed by atoms with Crippen LogP contribution in [0.2, 0.25) is 0 Å². The standard InChI is InChI=1S/C28H27N3O5/c1-2-35-27(34)17-6-5-7-19(14-17)30-25(32)23-22-10-12-28(36-22)16-31(26(33)24(23)28)13-11-18-15-29-21-9-4-3-8-20(18)21/h3-10,12,14-15,22-24,29H,2,11,13,16H2,1H3,(H,30,32)/t22-,23+,24-,28-/m1/s1. The average molecular weight is 486 g/mol. The highest BCUT2D eigenvalue weighted by Crippen LogP contribution is 2.52. The first-order valence-corrected chi connectivity index (χ1v) is 12.3. The number of carbonyl (C=O) groups excluding carboxylic acids is 3. The Bertz CT molecular complexity index is 1390. The first kappa shape index (κ1) is 22.5. The van der Waals surface area contributed by atoms with Gasteiger partial charge in [-0.25, -0.2) is 4.79 Å². The van der Waals surface area contributed by atoms with E-state index < -0.39 is 29.5 Å². The molecule has 6 rings (SSSR count). The van der Waals surface area contributed by atoms with Gasteiger partial charge in [0, 0.05) is 29.3 Å². The number of rotatable bonds is 7. The smallest absolute Gasteiger partial charge is 0.338 e. The molecule has 0 radical (unpaired) electrons. The van der Waals surface area contributed by atoms with Crippen LogP contribution in [0.3, 0.4) is 0 Å². The van der Waals surface area contributed by atoms with E-state index in [0.717, 1.165) is 16.5 Å². The van der Waals surface area contributed by atoms with Crippen molar-refractivity contribution in [1.82, 2.24) is 9.88 Å². The molecule has 3 aliphatic heterocycles. The van der Waals surface area contributed by atoms with Crippen molar-refractivity contribution in [3.8, 4) is 0 Å². The molecule has 8 heteroatoms. The Kier molecular flexibility index (Phi) is 5.41. The number of likely N-dealkylation sites (tertiary alicyclic amines) is 1. The van der Waals surface area contributed by atoms with E-state index in [1.54, 1.807) is 31.2 Å². The van der Waals surface area contributed by atoms with Crippen molar-refractivity contribution in [2.75, 3.05) is 25.0 Å². The Balaban J connectivity index is 1.17. The summed E-state index contributed by atoms with van der Waals surface area (Å²) in [5.41, 5.74) is 2.30. The summed E-state index contributed by atoms with van der Waals surface area (Å²) < 4.78 is 11.3. The maximum Gasteiger partial charge on any atom is 0.338 e. The van der Waals surface area contributed by atoms with Crippen molar-refractivity contribution in [3.63, 3.8) is 0 Å². The number of nitrogens with one attached hydrogen (secondary N) is 2. The zero-order chi connectivity index (χ0) is 24.9. The lowest BCUT2D eigenvalue weighted by molar-refractivity contribution is -0.135. The van der Waals surface area contributed by atoms with Gasteiger partial charge in [0.25, 0.3) is 0 Å². The molecule has 2 aromatic carbocycles. The highest BCUT2D eigenvalue weighted by atomic mass is 16.5. The minimum absolute atomic E-state index is 0.0536. The van der Waals surface area contributed by atoms with Gasteiger partial charge < -0.3 is 24.7 Å². The minimum atomic E-state index is -0.767. The summed E-state index contributed by atoms with van der Waals surface area (Å²) in [5, 5.41) is 4.04. The van der Waals surface area contributed by atoms with E-state index >= 15 is 0 Å². The number of H-pyrrole nitrogens is 1. The number of ether oxygens (including phenoxy) is 2. The zero-order valence-electron chi connectivity index (χ0n) is 19.9. The molecule has 2 fully saturated rings. The fraction of sp³-hybridized carbons (Fsp3) is 0.321. The Morgan fingerprint density at radius 3 is 2.94 bits per heavy atom. The van der Waals surface area contributed by atoms with Crippen molar-refractivity contribution < 1.29 is 23.9 Å². The Labute approximate surface area is 208 Å². The van der Waals surface area contributed by atoms with Crippen molar-refractivity contribution in [3.05, 3.63) is 78.0 Å². The van der Waals surface area contributed by atoms with E-state index in [-0.39, 0.29) is 18.4 Å². The molecular formula is C28H27N3O5. The van der Waals surface area contributed by atoms with Crippen LogP contribution in [0.4, 0.5) is 5.69 Å². The van der Waals surface area contributed by atoms with E-state index in [9.17, 15) is 14.4 Å². The molecule has 1 aromatic heterocycles. The molecule has 3 aromatic rings. The van der Waals surface area contributed by atoms with Gasteiger partial charge in [-0.1, -0.05) is 36.4 Å². The molecule has 4 heterocycles. The normalized spacial score (nSPS) is 26.0. The number of hydrogen-bond donors (Lipinski definition) is 2. The number of aromatic amines is 1. The van der Waals surface area contributed by atoms with E-state index in [4.69, 9.17) is 9.47 Å². The van der Waals surface area contributed by atoms with Crippen LogP contribution in [-0.4, -0.2) is 59.1 Å². The topological polar surface area (TPSA) is 101 Å². The second-order valence-corrected chi connectivity index (χ2v) is 9.56. The van der Waals surface area contributed by atoms with Gasteiger partial charge in [-0.15, -0.1) is 0 Å². The second kappa shape index (κ2) is 8.64. The molecule has 2 N–H and O–H groups in total. The number of benzene rings is 2. The zero-order valence-corrected chi connectivity index (χ0v) is 19.9. The van der Waals surface area contributed by atoms with Gasteiger partial charge in [0.2, 0.25) is 11.8 Å². The molecular weight excluding hydrogens is 458 g/mol. The first-order chi connectivity index (χ1) is 17.5. The summed E-state index contributed by atoms with van der Waals surface area (Å²) in [5.74, 6) is -1.99. The third-order valence-corrected chi connectivity index (χ3v) is 7.45. The lowest BCUT2D eigenvalue weighted by Gasteiger charge is -2.23. The van der Waals surface area contributed by atoms with Crippen LogP contribution in [0, 0.1) is 11.8 Å². The van der Waals surface area contributed by atoms with Gasteiger partial charge in [-0.2, -0.15) is 0 Å². The fourth-order valence-electron chi connectivity index (χ4n) is 5.82. The third kappa shape index (κ3) is 3.60. The Hall–Kier alpha value is -3.91. The summed E-state index contributed by atoms with van der Waals surface area (Å²) in [7, 11) is 0. The highest BCUT2D eigenvalue weighted by Gasteiger charge is 2.66.